The van der Waals surface area contributed by atoms with Crippen molar-refractivity contribution in [2.75, 3.05) is 11.9 Å². The minimum Gasteiger partial charge on any atom is -0.478 e. The van der Waals surface area contributed by atoms with E-state index in [1.54, 1.807) is 42.4 Å². The van der Waals surface area contributed by atoms with Crippen LogP contribution in [0.2, 0.25) is 0 Å². The second kappa shape index (κ2) is 6.13. The monoisotopic (exact) mass is 327 g/mol. The van der Waals surface area contributed by atoms with Gasteiger partial charge in [-0.2, -0.15) is 4.99 Å². The number of aromatic carboxylic acids is 1. The molecule has 7 heteroatoms. The van der Waals surface area contributed by atoms with Crippen molar-refractivity contribution in [1.82, 2.24) is 4.98 Å². The van der Waals surface area contributed by atoms with Crippen molar-refractivity contribution in [2.45, 2.75) is 0 Å². The Balaban J connectivity index is 1.88. The number of amides is 1. The smallest absolute Gasteiger partial charge is 0.337 e. The molecule has 1 aliphatic rings. The lowest BCUT2D eigenvalue weighted by Gasteiger charge is -2.19. The van der Waals surface area contributed by atoms with Crippen molar-refractivity contribution in [2.24, 2.45) is 4.99 Å². The SMILES string of the molecule is CN(C1=NC(=O)/C(=C\c2ccc[nH]2)S1)c1ccccc1C(=O)O. The van der Waals surface area contributed by atoms with Crippen LogP contribution < -0.4 is 4.90 Å². The summed E-state index contributed by atoms with van der Waals surface area (Å²) in [6.45, 7) is 0. The summed E-state index contributed by atoms with van der Waals surface area (Å²) < 4.78 is 0. The zero-order valence-corrected chi connectivity index (χ0v) is 13.0. The van der Waals surface area contributed by atoms with E-state index in [0.29, 0.717) is 15.8 Å². The molecule has 1 amide bonds. The standard InChI is InChI=1S/C16H13N3O3S/c1-19(12-7-3-2-6-11(12)15(21)22)16-18-14(20)13(23-16)9-10-5-4-8-17-10/h2-9,17H,1H3,(H,21,22)/b13-9+. The lowest BCUT2D eigenvalue weighted by Crippen LogP contribution is -2.24. The van der Waals surface area contributed by atoms with Crippen LogP contribution in [-0.2, 0) is 4.79 Å². The summed E-state index contributed by atoms with van der Waals surface area (Å²) in [4.78, 5) is 32.5. The van der Waals surface area contributed by atoms with Crippen molar-refractivity contribution in [1.29, 1.82) is 0 Å². The molecule has 0 saturated heterocycles. The fraction of sp³-hybridized carbons (Fsp3) is 0.0625. The number of aromatic nitrogens is 1. The van der Waals surface area contributed by atoms with Gasteiger partial charge in [-0.1, -0.05) is 12.1 Å². The third-order valence-corrected chi connectivity index (χ3v) is 4.36. The Morgan fingerprint density at radius 2 is 2.09 bits per heavy atom. The molecule has 0 bridgehead atoms. The van der Waals surface area contributed by atoms with E-state index in [1.807, 2.05) is 12.1 Å². The molecule has 116 valence electrons. The van der Waals surface area contributed by atoms with E-state index in [9.17, 15) is 14.7 Å². The lowest BCUT2D eigenvalue weighted by atomic mass is 10.1. The van der Waals surface area contributed by atoms with Crippen molar-refractivity contribution in [3.05, 3.63) is 58.8 Å². The Labute approximate surface area is 136 Å². The normalized spacial score (nSPS) is 15.8. The summed E-state index contributed by atoms with van der Waals surface area (Å²) in [5.74, 6) is -1.36. The van der Waals surface area contributed by atoms with Gasteiger partial charge in [0, 0.05) is 18.9 Å². The molecular weight excluding hydrogens is 314 g/mol. The Kier molecular flexibility index (Phi) is 4.03. The third-order valence-electron chi connectivity index (χ3n) is 3.30. The van der Waals surface area contributed by atoms with E-state index in [2.05, 4.69) is 9.98 Å². The van der Waals surface area contributed by atoms with Gasteiger partial charge < -0.3 is 15.0 Å². The second-order valence-electron chi connectivity index (χ2n) is 4.82. The number of rotatable bonds is 3. The molecule has 0 aliphatic carbocycles. The van der Waals surface area contributed by atoms with Crippen LogP contribution in [0.5, 0.6) is 0 Å². The molecule has 1 aromatic heterocycles. The first-order valence-corrected chi connectivity index (χ1v) is 7.60. The van der Waals surface area contributed by atoms with Gasteiger partial charge in [-0.05, 0) is 42.1 Å². The number of aromatic amines is 1. The predicted octanol–water partition coefficient (Wildman–Crippen LogP) is 2.82. The van der Waals surface area contributed by atoms with Crippen LogP contribution in [0.25, 0.3) is 6.08 Å². The van der Waals surface area contributed by atoms with Crippen LogP contribution in [-0.4, -0.2) is 34.2 Å². The highest BCUT2D eigenvalue weighted by molar-refractivity contribution is 8.18. The number of thioether (sulfide) groups is 1. The largest absolute Gasteiger partial charge is 0.478 e. The Hall–Kier alpha value is -2.80. The molecule has 0 atom stereocenters. The number of nitrogens with zero attached hydrogens (tertiary/aromatic N) is 2. The lowest BCUT2D eigenvalue weighted by molar-refractivity contribution is -0.113. The first kappa shape index (κ1) is 15.1. The maximum absolute atomic E-state index is 12.0. The fourth-order valence-corrected chi connectivity index (χ4v) is 3.05. The molecule has 0 fully saturated rings. The number of carbonyl (C=O) groups is 2. The fourth-order valence-electron chi connectivity index (χ4n) is 2.17. The summed E-state index contributed by atoms with van der Waals surface area (Å²) in [5.41, 5.74) is 1.46. The molecule has 2 aromatic rings. The summed E-state index contributed by atoms with van der Waals surface area (Å²) >= 11 is 1.21. The topological polar surface area (TPSA) is 85.8 Å². The quantitative estimate of drug-likeness (QED) is 0.847. The minimum atomic E-state index is -1.02. The van der Waals surface area contributed by atoms with E-state index in [-0.39, 0.29) is 11.5 Å². The highest BCUT2D eigenvalue weighted by atomic mass is 32.2. The number of carboxylic acid groups (broad SMARTS) is 1. The van der Waals surface area contributed by atoms with E-state index in [0.717, 1.165) is 5.69 Å². The number of aliphatic imine (C=N–C) groups is 1. The minimum absolute atomic E-state index is 0.160. The van der Waals surface area contributed by atoms with Crippen molar-refractivity contribution >= 4 is 40.6 Å². The third kappa shape index (κ3) is 3.04. The van der Waals surface area contributed by atoms with Crippen LogP contribution in [0.15, 0.2) is 52.5 Å². The van der Waals surface area contributed by atoms with Crippen LogP contribution >= 0.6 is 11.8 Å². The second-order valence-corrected chi connectivity index (χ2v) is 5.83. The maximum atomic E-state index is 12.0. The number of anilines is 1. The average Bonchev–Trinajstić information content (AvgIpc) is 3.17. The van der Waals surface area contributed by atoms with Gasteiger partial charge >= 0.3 is 5.97 Å². The van der Waals surface area contributed by atoms with Crippen molar-refractivity contribution < 1.29 is 14.7 Å². The average molecular weight is 327 g/mol. The Morgan fingerprint density at radius 3 is 2.78 bits per heavy atom. The number of carboxylic acids is 1. The van der Waals surface area contributed by atoms with E-state index >= 15 is 0 Å². The van der Waals surface area contributed by atoms with Gasteiger partial charge in [0.25, 0.3) is 5.91 Å². The Morgan fingerprint density at radius 1 is 1.30 bits per heavy atom. The number of hydrogen-bond acceptors (Lipinski definition) is 4. The van der Waals surface area contributed by atoms with Gasteiger partial charge in [-0.25, -0.2) is 4.79 Å². The number of amidine groups is 1. The van der Waals surface area contributed by atoms with E-state index < -0.39 is 5.97 Å². The molecule has 23 heavy (non-hydrogen) atoms. The molecule has 1 aliphatic heterocycles. The Bertz CT molecular complexity index is 825. The summed E-state index contributed by atoms with van der Waals surface area (Å²) in [5, 5.41) is 9.72. The maximum Gasteiger partial charge on any atom is 0.337 e. The van der Waals surface area contributed by atoms with Gasteiger partial charge in [0.15, 0.2) is 5.17 Å². The van der Waals surface area contributed by atoms with Gasteiger partial charge in [0.2, 0.25) is 0 Å². The molecule has 0 radical (unpaired) electrons. The first-order chi connectivity index (χ1) is 11.1. The number of para-hydroxylation sites is 1. The van der Waals surface area contributed by atoms with E-state index in [1.165, 1.54) is 17.8 Å². The molecular formula is C16H13N3O3S. The molecule has 2 N–H and O–H groups in total. The van der Waals surface area contributed by atoms with Gasteiger partial charge in [0.05, 0.1) is 16.2 Å². The zero-order valence-electron chi connectivity index (χ0n) is 12.2. The van der Waals surface area contributed by atoms with Crippen LogP contribution in [0.1, 0.15) is 16.1 Å². The van der Waals surface area contributed by atoms with Gasteiger partial charge in [0.1, 0.15) is 0 Å². The predicted molar refractivity (Wildman–Crippen MR) is 90.6 cm³/mol. The summed E-state index contributed by atoms with van der Waals surface area (Å²) in [6, 6.07) is 10.3. The highest BCUT2D eigenvalue weighted by Crippen LogP contribution is 2.32. The van der Waals surface area contributed by atoms with Crippen molar-refractivity contribution in [3.63, 3.8) is 0 Å². The summed E-state index contributed by atoms with van der Waals surface area (Å²) in [6.07, 6.45) is 3.49. The molecule has 0 spiro atoms. The molecule has 2 heterocycles. The van der Waals surface area contributed by atoms with Crippen LogP contribution in [0.4, 0.5) is 5.69 Å². The first-order valence-electron chi connectivity index (χ1n) is 6.78. The molecule has 6 nitrogen and oxygen atoms in total. The molecule has 1 aromatic carbocycles. The number of carbonyl (C=O) groups excluding carboxylic acids is 1. The molecule has 0 saturated carbocycles. The van der Waals surface area contributed by atoms with Crippen molar-refractivity contribution in [3.8, 4) is 0 Å². The summed E-state index contributed by atoms with van der Waals surface area (Å²) in [7, 11) is 1.69. The number of H-pyrrole nitrogens is 1. The van der Waals surface area contributed by atoms with Gasteiger partial charge in [-0.15, -0.1) is 0 Å². The van der Waals surface area contributed by atoms with Crippen LogP contribution in [0.3, 0.4) is 0 Å². The van der Waals surface area contributed by atoms with Gasteiger partial charge in [-0.3, -0.25) is 4.79 Å². The molecule has 0 unspecified atom stereocenters. The zero-order chi connectivity index (χ0) is 16.4. The molecule has 3 rings (SSSR count). The number of benzene rings is 1. The number of hydrogen-bond donors (Lipinski definition) is 2. The van der Waals surface area contributed by atoms with Crippen LogP contribution in [0, 0.1) is 0 Å². The number of nitrogens with one attached hydrogen (secondary N) is 1. The van der Waals surface area contributed by atoms with E-state index in [4.69, 9.17) is 0 Å². The highest BCUT2D eigenvalue weighted by Gasteiger charge is 2.26.